The second-order valence-corrected chi connectivity index (χ2v) is 9.03. The highest BCUT2D eigenvalue weighted by molar-refractivity contribution is 7.91. The predicted octanol–water partition coefficient (Wildman–Crippen LogP) is 0.119. The lowest BCUT2D eigenvalue weighted by Gasteiger charge is -2.18. The summed E-state index contributed by atoms with van der Waals surface area (Å²) < 4.78 is 48.0. The zero-order chi connectivity index (χ0) is 15.6. The van der Waals surface area contributed by atoms with Crippen LogP contribution in [-0.4, -0.2) is 46.7 Å². The van der Waals surface area contributed by atoms with Gasteiger partial charge in [0.1, 0.15) is 9.84 Å². The maximum atomic E-state index is 12.4. The second kappa shape index (κ2) is 6.21. The number of benzene rings is 1. The Bertz CT molecular complexity index is 681. The fourth-order valence-corrected chi connectivity index (χ4v) is 3.80. The first-order chi connectivity index (χ1) is 9.08. The molecule has 0 aliphatic rings. The van der Waals surface area contributed by atoms with Crippen LogP contribution in [0.15, 0.2) is 23.1 Å². The van der Waals surface area contributed by atoms with E-state index in [-0.39, 0.29) is 17.2 Å². The molecular weight excluding hydrogens is 300 g/mol. The minimum atomic E-state index is -3.69. The summed E-state index contributed by atoms with van der Waals surface area (Å²) in [7, 11) is -5.52. The summed E-state index contributed by atoms with van der Waals surface area (Å²) in [5.41, 5.74) is 6.95. The minimum absolute atomic E-state index is 0.0702. The van der Waals surface area contributed by atoms with E-state index in [0.29, 0.717) is 12.1 Å². The Labute approximate surface area is 120 Å². The lowest BCUT2D eigenvalue weighted by molar-refractivity contribution is 0.484. The number of hydrogen-bond acceptors (Lipinski definition) is 5. The molecule has 0 atom stereocenters. The molecule has 0 saturated heterocycles. The van der Waals surface area contributed by atoms with Crippen LogP contribution in [0, 0.1) is 6.92 Å². The number of nitrogens with two attached hydrogens (primary N) is 1. The lowest BCUT2D eigenvalue weighted by Crippen LogP contribution is -2.32. The molecule has 0 unspecified atom stereocenters. The van der Waals surface area contributed by atoms with E-state index >= 15 is 0 Å². The monoisotopic (exact) mass is 320 g/mol. The number of sulfone groups is 1. The summed E-state index contributed by atoms with van der Waals surface area (Å²) in [4.78, 5) is 0.172. The van der Waals surface area contributed by atoms with Crippen molar-refractivity contribution < 1.29 is 16.8 Å². The van der Waals surface area contributed by atoms with E-state index in [4.69, 9.17) is 5.73 Å². The Balaban J connectivity index is 3.04. The molecule has 0 spiro atoms. The first kappa shape index (κ1) is 17.1. The molecule has 0 fully saturated rings. The second-order valence-electron chi connectivity index (χ2n) is 4.76. The molecule has 0 radical (unpaired) electrons. The van der Waals surface area contributed by atoms with Crippen molar-refractivity contribution in [3.63, 3.8) is 0 Å². The Morgan fingerprint density at radius 3 is 2.25 bits per heavy atom. The van der Waals surface area contributed by atoms with Gasteiger partial charge in [0, 0.05) is 26.4 Å². The van der Waals surface area contributed by atoms with Gasteiger partial charge in [-0.15, -0.1) is 0 Å². The molecule has 1 aromatic carbocycles. The number of rotatable bonds is 6. The number of aryl methyl sites for hydroxylation is 1. The third kappa shape index (κ3) is 4.27. The molecule has 114 valence electrons. The van der Waals surface area contributed by atoms with E-state index in [9.17, 15) is 16.8 Å². The minimum Gasteiger partial charge on any atom is -0.326 e. The van der Waals surface area contributed by atoms with Crippen LogP contribution in [0.2, 0.25) is 0 Å². The molecule has 20 heavy (non-hydrogen) atoms. The van der Waals surface area contributed by atoms with Crippen LogP contribution in [0.1, 0.15) is 11.1 Å². The number of hydrogen-bond donors (Lipinski definition) is 1. The van der Waals surface area contributed by atoms with Crippen molar-refractivity contribution in [1.29, 1.82) is 0 Å². The average Bonchev–Trinajstić information content (AvgIpc) is 2.34. The highest BCUT2D eigenvalue weighted by Gasteiger charge is 2.23. The Hall–Kier alpha value is -0.960. The number of sulfonamides is 1. The van der Waals surface area contributed by atoms with Gasteiger partial charge in [-0.2, -0.15) is 4.31 Å². The van der Waals surface area contributed by atoms with Gasteiger partial charge >= 0.3 is 0 Å². The van der Waals surface area contributed by atoms with Crippen LogP contribution in [0.25, 0.3) is 0 Å². The molecule has 1 rings (SSSR count). The van der Waals surface area contributed by atoms with Crippen molar-refractivity contribution in [2.45, 2.75) is 18.4 Å². The third-order valence-corrected chi connectivity index (χ3v) is 5.88. The normalized spacial score (nSPS) is 12.8. The zero-order valence-corrected chi connectivity index (χ0v) is 13.5. The van der Waals surface area contributed by atoms with Crippen molar-refractivity contribution in [2.75, 3.05) is 25.6 Å². The van der Waals surface area contributed by atoms with Crippen LogP contribution in [0.3, 0.4) is 0 Å². The van der Waals surface area contributed by atoms with Gasteiger partial charge < -0.3 is 5.73 Å². The fourth-order valence-electron chi connectivity index (χ4n) is 1.71. The van der Waals surface area contributed by atoms with Crippen molar-refractivity contribution in [1.82, 2.24) is 4.31 Å². The van der Waals surface area contributed by atoms with E-state index in [2.05, 4.69) is 0 Å². The molecular formula is C12H20N2O4S2. The summed E-state index contributed by atoms with van der Waals surface area (Å²) in [6.07, 6.45) is 1.08. The summed E-state index contributed by atoms with van der Waals surface area (Å²) in [6.45, 7) is 1.96. The van der Waals surface area contributed by atoms with E-state index in [0.717, 1.165) is 16.1 Å². The largest absolute Gasteiger partial charge is 0.326 e. The van der Waals surface area contributed by atoms with Gasteiger partial charge in [0.25, 0.3) is 0 Å². The maximum absolute atomic E-state index is 12.4. The van der Waals surface area contributed by atoms with Gasteiger partial charge in [0.05, 0.1) is 10.6 Å². The van der Waals surface area contributed by atoms with Gasteiger partial charge in [0.15, 0.2) is 0 Å². The van der Waals surface area contributed by atoms with Crippen LogP contribution in [0.4, 0.5) is 0 Å². The quantitative estimate of drug-likeness (QED) is 0.803. The Morgan fingerprint density at radius 1 is 1.20 bits per heavy atom. The van der Waals surface area contributed by atoms with E-state index < -0.39 is 19.9 Å². The smallest absolute Gasteiger partial charge is 0.243 e. The molecule has 0 heterocycles. The number of nitrogens with zero attached hydrogens (tertiary/aromatic N) is 1. The first-order valence-electron chi connectivity index (χ1n) is 6.01. The molecule has 1 aromatic rings. The Morgan fingerprint density at radius 2 is 1.80 bits per heavy atom. The van der Waals surface area contributed by atoms with E-state index in [1.54, 1.807) is 19.1 Å². The highest BCUT2D eigenvalue weighted by atomic mass is 32.2. The molecule has 0 aliphatic carbocycles. The topological polar surface area (TPSA) is 97.5 Å². The van der Waals surface area contributed by atoms with Gasteiger partial charge in [-0.3, -0.25) is 0 Å². The summed E-state index contributed by atoms with van der Waals surface area (Å²) >= 11 is 0. The maximum Gasteiger partial charge on any atom is 0.243 e. The summed E-state index contributed by atoms with van der Waals surface area (Å²) in [5, 5.41) is 0. The van der Waals surface area contributed by atoms with Crippen LogP contribution >= 0.6 is 0 Å². The third-order valence-electron chi connectivity index (χ3n) is 2.94. The van der Waals surface area contributed by atoms with Crippen LogP contribution in [-0.2, 0) is 26.4 Å². The fraction of sp³-hybridized carbons (Fsp3) is 0.500. The molecule has 6 nitrogen and oxygen atoms in total. The van der Waals surface area contributed by atoms with E-state index in [1.165, 1.54) is 13.1 Å². The van der Waals surface area contributed by atoms with E-state index in [1.807, 2.05) is 0 Å². The SMILES string of the molecule is Cc1cc(CN)ccc1S(=O)(=O)N(C)CCS(C)(=O)=O. The van der Waals surface area contributed by atoms with Gasteiger partial charge in [-0.25, -0.2) is 16.8 Å². The molecule has 0 aromatic heterocycles. The lowest BCUT2D eigenvalue weighted by atomic mass is 10.1. The zero-order valence-electron chi connectivity index (χ0n) is 11.8. The van der Waals surface area contributed by atoms with Crippen molar-refractivity contribution in [3.8, 4) is 0 Å². The van der Waals surface area contributed by atoms with Gasteiger partial charge in [-0.05, 0) is 24.1 Å². The molecule has 8 heteroatoms. The Kier molecular flexibility index (Phi) is 5.31. The average molecular weight is 320 g/mol. The van der Waals surface area contributed by atoms with Crippen molar-refractivity contribution >= 4 is 19.9 Å². The molecule has 0 amide bonds. The summed E-state index contributed by atoms with van der Waals surface area (Å²) in [6, 6.07) is 4.88. The highest BCUT2D eigenvalue weighted by Crippen LogP contribution is 2.20. The van der Waals surface area contributed by atoms with Gasteiger partial charge in [0.2, 0.25) is 10.0 Å². The van der Waals surface area contributed by atoms with Crippen LogP contribution < -0.4 is 5.73 Å². The molecule has 0 bridgehead atoms. The molecule has 0 aliphatic heterocycles. The van der Waals surface area contributed by atoms with Crippen molar-refractivity contribution in [2.24, 2.45) is 5.73 Å². The standard InChI is InChI=1S/C12H20N2O4S2/c1-10-8-11(9-13)4-5-12(10)20(17,18)14(2)6-7-19(3,15)16/h4-5,8H,6-7,9,13H2,1-3H3. The van der Waals surface area contributed by atoms with Crippen LogP contribution in [0.5, 0.6) is 0 Å². The van der Waals surface area contributed by atoms with Crippen molar-refractivity contribution in [3.05, 3.63) is 29.3 Å². The molecule has 0 saturated carbocycles. The first-order valence-corrected chi connectivity index (χ1v) is 9.51. The summed E-state index contributed by atoms with van der Waals surface area (Å²) in [5.74, 6) is -0.206. The van der Waals surface area contributed by atoms with Gasteiger partial charge in [-0.1, -0.05) is 12.1 Å². The molecule has 2 N–H and O–H groups in total. The predicted molar refractivity (Wildman–Crippen MR) is 78.6 cm³/mol.